The van der Waals surface area contributed by atoms with Gasteiger partial charge in [-0.2, -0.15) is 0 Å². The Balaban J connectivity index is 0.000000487. The molecule has 0 atom stereocenters. The van der Waals surface area contributed by atoms with E-state index in [0.717, 1.165) is 6.61 Å². The molecule has 0 aromatic carbocycles. The van der Waals surface area contributed by atoms with E-state index in [2.05, 4.69) is 39.6 Å². The van der Waals surface area contributed by atoms with Gasteiger partial charge in [-0.15, -0.1) is 0 Å². The molecule has 0 N–H and O–H groups in total. The number of unbranched alkanes of at least 4 members (excludes halogenated alkanes) is 1. The molecule has 0 spiro atoms. The smallest absolute Gasteiger partial charge is 0.0599 e. The van der Waals surface area contributed by atoms with Crippen LogP contribution in [0.25, 0.3) is 0 Å². The first-order chi connectivity index (χ1) is 7.60. The van der Waals surface area contributed by atoms with Gasteiger partial charge in [0.2, 0.25) is 0 Å². The van der Waals surface area contributed by atoms with Crippen LogP contribution in [0, 0.1) is 5.92 Å². The van der Waals surface area contributed by atoms with Crippen LogP contribution in [0.1, 0.15) is 53.4 Å². The zero-order valence-electron chi connectivity index (χ0n) is 12.0. The molecule has 2 nitrogen and oxygen atoms in total. The fraction of sp³-hybridized carbons (Fsp3) is 1.00. The zero-order valence-corrected chi connectivity index (χ0v) is 12.0. The lowest BCUT2D eigenvalue weighted by molar-refractivity contribution is -0.000103. The third kappa shape index (κ3) is 9.17. The van der Waals surface area contributed by atoms with Crippen molar-refractivity contribution in [2.24, 2.45) is 5.92 Å². The first-order valence-electron chi connectivity index (χ1n) is 6.90. The van der Waals surface area contributed by atoms with Gasteiger partial charge in [-0.3, -0.25) is 0 Å². The maximum absolute atomic E-state index is 5.77. The first kappa shape index (κ1) is 15.9. The number of ether oxygens (including phenoxy) is 1. The lowest BCUT2D eigenvalue weighted by Gasteiger charge is -2.29. The molecule has 0 aliphatic carbocycles. The van der Waals surface area contributed by atoms with Crippen molar-refractivity contribution in [2.45, 2.75) is 59.5 Å². The van der Waals surface area contributed by atoms with E-state index >= 15 is 0 Å². The normalized spacial score (nSPS) is 18.4. The Hall–Kier alpha value is -0.0800. The monoisotopic (exact) mass is 229 g/mol. The van der Waals surface area contributed by atoms with Gasteiger partial charge in [0.1, 0.15) is 0 Å². The summed E-state index contributed by atoms with van der Waals surface area (Å²) in [6.45, 7) is 12.1. The van der Waals surface area contributed by atoms with Gasteiger partial charge >= 0.3 is 0 Å². The fourth-order valence-electron chi connectivity index (χ4n) is 1.48. The topological polar surface area (TPSA) is 12.5 Å². The number of piperidine rings is 1. The van der Waals surface area contributed by atoms with Gasteiger partial charge in [0.25, 0.3) is 0 Å². The highest BCUT2D eigenvalue weighted by atomic mass is 16.5. The molecule has 0 saturated carbocycles. The van der Waals surface area contributed by atoms with Crippen molar-refractivity contribution in [3.63, 3.8) is 0 Å². The molecule has 0 aromatic heterocycles. The number of nitrogens with zero attached hydrogens (tertiary/aromatic N) is 1. The summed E-state index contributed by atoms with van der Waals surface area (Å²) in [7, 11) is 2.18. The minimum atomic E-state index is 0.531. The van der Waals surface area contributed by atoms with Crippen molar-refractivity contribution in [3.8, 4) is 0 Å². The molecule has 1 aliphatic heterocycles. The molecule has 0 radical (unpaired) electrons. The summed E-state index contributed by atoms with van der Waals surface area (Å²) in [4.78, 5) is 2.37. The van der Waals surface area contributed by atoms with E-state index in [9.17, 15) is 0 Å². The van der Waals surface area contributed by atoms with Gasteiger partial charge in [0.15, 0.2) is 0 Å². The average Bonchev–Trinajstić information content (AvgIpc) is 2.28. The van der Waals surface area contributed by atoms with Crippen LogP contribution in [-0.4, -0.2) is 37.7 Å². The van der Waals surface area contributed by atoms with E-state index in [1.54, 1.807) is 0 Å². The lowest BCUT2D eigenvalue weighted by atomic mass is 10.1. The van der Waals surface area contributed by atoms with Crippen LogP contribution in [0.15, 0.2) is 0 Å². The molecule has 1 rings (SSSR count). The third-order valence-corrected chi connectivity index (χ3v) is 2.83. The predicted molar refractivity (Wildman–Crippen MR) is 71.9 cm³/mol. The Kier molecular flexibility index (Phi) is 10.0. The summed E-state index contributed by atoms with van der Waals surface area (Å²) in [5.74, 6) is 0.671. The second kappa shape index (κ2) is 10.1. The second-order valence-electron chi connectivity index (χ2n) is 5.23. The molecule has 98 valence electrons. The molecule has 1 aliphatic rings. The maximum atomic E-state index is 5.77. The molecule has 1 saturated heterocycles. The number of rotatable bonds is 4. The average molecular weight is 229 g/mol. The van der Waals surface area contributed by atoms with Gasteiger partial charge in [-0.25, -0.2) is 0 Å². The Bertz CT molecular complexity index is 138. The van der Waals surface area contributed by atoms with E-state index in [1.165, 1.54) is 38.8 Å². The fourth-order valence-corrected chi connectivity index (χ4v) is 1.48. The SMILES string of the molecule is CC(C)COC1CCN(C)CC1.CCCC. The van der Waals surface area contributed by atoms with Gasteiger partial charge < -0.3 is 9.64 Å². The summed E-state index contributed by atoms with van der Waals surface area (Å²) in [6.07, 6.45) is 5.59. The summed E-state index contributed by atoms with van der Waals surface area (Å²) in [5.41, 5.74) is 0. The Morgan fingerprint density at radius 1 is 1.12 bits per heavy atom. The van der Waals surface area contributed by atoms with Crippen molar-refractivity contribution in [1.29, 1.82) is 0 Å². The van der Waals surface area contributed by atoms with E-state index in [-0.39, 0.29) is 0 Å². The molecule has 0 unspecified atom stereocenters. The van der Waals surface area contributed by atoms with E-state index in [4.69, 9.17) is 4.74 Å². The van der Waals surface area contributed by atoms with Gasteiger partial charge in [0, 0.05) is 19.7 Å². The highest BCUT2D eigenvalue weighted by Crippen LogP contribution is 2.12. The lowest BCUT2D eigenvalue weighted by Crippen LogP contribution is -2.34. The Labute approximate surface area is 102 Å². The summed E-state index contributed by atoms with van der Waals surface area (Å²) < 4.78 is 5.77. The van der Waals surface area contributed by atoms with Gasteiger partial charge in [-0.05, 0) is 25.8 Å². The van der Waals surface area contributed by atoms with Gasteiger partial charge in [0.05, 0.1) is 6.10 Å². The molecule has 1 heterocycles. The standard InChI is InChI=1S/C10H21NO.C4H10/c1-9(2)8-12-10-4-6-11(3)7-5-10;1-3-4-2/h9-10H,4-8H2,1-3H3;3-4H2,1-2H3. The maximum Gasteiger partial charge on any atom is 0.0599 e. The summed E-state index contributed by atoms with van der Waals surface area (Å²) in [5, 5.41) is 0. The molecule has 0 amide bonds. The number of likely N-dealkylation sites (tertiary alicyclic amines) is 1. The molecule has 0 aromatic rings. The van der Waals surface area contributed by atoms with Crippen LogP contribution < -0.4 is 0 Å². The Morgan fingerprint density at radius 3 is 2.00 bits per heavy atom. The first-order valence-corrected chi connectivity index (χ1v) is 6.90. The predicted octanol–water partition coefficient (Wildman–Crippen LogP) is 3.56. The Morgan fingerprint density at radius 2 is 1.62 bits per heavy atom. The second-order valence-corrected chi connectivity index (χ2v) is 5.23. The van der Waals surface area contributed by atoms with Crippen molar-refractivity contribution in [2.75, 3.05) is 26.7 Å². The molecule has 1 fully saturated rings. The molecule has 16 heavy (non-hydrogen) atoms. The van der Waals surface area contributed by atoms with Crippen LogP contribution in [-0.2, 0) is 4.74 Å². The van der Waals surface area contributed by atoms with E-state index in [0.29, 0.717) is 12.0 Å². The van der Waals surface area contributed by atoms with Crippen LogP contribution in [0.5, 0.6) is 0 Å². The van der Waals surface area contributed by atoms with Crippen molar-refractivity contribution >= 4 is 0 Å². The summed E-state index contributed by atoms with van der Waals surface area (Å²) in [6, 6.07) is 0. The molecule has 2 heteroatoms. The van der Waals surface area contributed by atoms with E-state index < -0.39 is 0 Å². The zero-order chi connectivity index (χ0) is 12.4. The number of hydrogen-bond donors (Lipinski definition) is 0. The van der Waals surface area contributed by atoms with Crippen LogP contribution in [0.4, 0.5) is 0 Å². The molecular formula is C14H31NO. The van der Waals surface area contributed by atoms with E-state index in [1.807, 2.05) is 0 Å². The van der Waals surface area contributed by atoms with Crippen LogP contribution >= 0.6 is 0 Å². The highest BCUT2D eigenvalue weighted by Gasteiger charge is 2.16. The summed E-state index contributed by atoms with van der Waals surface area (Å²) >= 11 is 0. The largest absolute Gasteiger partial charge is 0.378 e. The molecule has 0 bridgehead atoms. The third-order valence-electron chi connectivity index (χ3n) is 2.83. The van der Waals surface area contributed by atoms with Crippen molar-refractivity contribution < 1.29 is 4.74 Å². The van der Waals surface area contributed by atoms with Crippen molar-refractivity contribution in [3.05, 3.63) is 0 Å². The quantitative estimate of drug-likeness (QED) is 0.731. The van der Waals surface area contributed by atoms with Crippen LogP contribution in [0.3, 0.4) is 0 Å². The minimum Gasteiger partial charge on any atom is -0.378 e. The van der Waals surface area contributed by atoms with Gasteiger partial charge in [-0.1, -0.05) is 40.5 Å². The minimum absolute atomic E-state index is 0.531. The number of hydrogen-bond acceptors (Lipinski definition) is 2. The van der Waals surface area contributed by atoms with Crippen molar-refractivity contribution in [1.82, 2.24) is 4.90 Å². The van der Waals surface area contributed by atoms with Crippen LogP contribution in [0.2, 0.25) is 0 Å². The molecular weight excluding hydrogens is 198 g/mol. The highest BCUT2D eigenvalue weighted by molar-refractivity contribution is 4.69.